The monoisotopic (exact) mass is 1000 g/mol. The second-order valence-corrected chi connectivity index (χ2v) is 23.5. The van der Waals surface area contributed by atoms with Crippen molar-refractivity contribution in [3.05, 3.63) is 11.6 Å². The van der Waals surface area contributed by atoms with E-state index >= 15 is 4.79 Å². The first-order valence-corrected chi connectivity index (χ1v) is 25.4. The van der Waals surface area contributed by atoms with Crippen molar-refractivity contribution >= 4 is 11.9 Å². The zero-order valence-electron chi connectivity index (χ0n) is 41.7. The lowest BCUT2D eigenvalue weighted by molar-refractivity contribution is -0.362. The highest BCUT2D eigenvalue weighted by atomic mass is 16.8. The number of carbonyl (C=O) groups is 2. The maximum atomic E-state index is 15.0. The third kappa shape index (κ3) is 8.43. The van der Waals surface area contributed by atoms with Gasteiger partial charge < -0.3 is 89.3 Å². The molecule has 8 aliphatic rings. The Kier molecular flexibility index (Phi) is 15.2. The van der Waals surface area contributed by atoms with Crippen LogP contribution in [-0.2, 0) is 42.7 Å². The molecule has 70 heavy (non-hydrogen) atoms. The Morgan fingerprint density at radius 2 is 1.34 bits per heavy atom. The zero-order chi connectivity index (χ0) is 51.4. The van der Waals surface area contributed by atoms with Gasteiger partial charge in [0.2, 0.25) is 6.29 Å². The van der Waals surface area contributed by atoms with E-state index in [-0.39, 0.29) is 52.4 Å². The minimum Gasteiger partial charge on any atom is -0.457 e. The van der Waals surface area contributed by atoms with Crippen molar-refractivity contribution in [3.8, 4) is 0 Å². The van der Waals surface area contributed by atoms with Crippen molar-refractivity contribution < 1.29 is 98.9 Å². The van der Waals surface area contributed by atoms with E-state index in [1.54, 1.807) is 0 Å². The summed E-state index contributed by atoms with van der Waals surface area (Å²) in [5, 5.41) is 121. The smallest absolute Gasteiger partial charge is 0.315 e. The van der Waals surface area contributed by atoms with Crippen LogP contribution < -0.4 is 0 Å². The number of ether oxygens (including phenoxy) is 7. The van der Waals surface area contributed by atoms with E-state index in [0.717, 1.165) is 26.2 Å². The van der Waals surface area contributed by atoms with Gasteiger partial charge in [-0.3, -0.25) is 9.59 Å². The Morgan fingerprint density at radius 3 is 2.00 bits per heavy atom. The molecule has 4 saturated carbocycles. The molecule has 0 aromatic heterocycles. The van der Waals surface area contributed by atoms with Crippen LogP contribution in [0.4, 0.5) is 0 Å². The Balaban J connectivity index is 0.969. The summed E-state index contributed by atoms with van der Waals surface area (Å²) < 4.78 is 40.1. The SMILES string of the molecule is CC(=O)O[C@@H]1[C@@H](O)[C@@H](O)[C@H](O[C@H]2[C@H](O)[C@@H](O)[C@H](OC[C@H]3O[C@@H](OC(=O)[C@]45CC[C@@H](C)[C@H](C)[C@H]4C4=CC[C@@H]6[C@@]7(C)C[C@@H](O)[C@H](O)[C@@](C)(CO)[C@@H]7CC[C@@]6(C)[C@]4(C)CC5)[C@H](O)[C@@H](O)[C@@H]3O)O[C@@H]2CO)O[C@H]1C. The quantitative estimate of drug-likeness (QED) is 0.0974. The number of carbonyl (C=O) groups excluding carboxylic acids is 2. The highest BCUT2D eigenvalue weighted by Gasteiger charge is 2.71. The Labute approximate surface area is 409 Å². The van der Waals surface area contributed by atoms with Crippen molar-refractivity contribution in [2.45, 2.75) is 211 Å². The molecule has 0 spiro atoms. The number of esters is 2. The molecule has 7 fully saturated rings. The number of rotatable bonds is 10. The lowest BCUT2D eigenvalue weighted by atomic mass is 9.33. The molecule has 0 aromatic carbocycles. The summed E-state index contributed by atoms with van der Waals surface area (Å²) in [5.74, 6) is -1.15. The van der Waals surface area contributed by atoms with Crippen LogP contribution in [0.3, 0.4) is 0 Å². The van der Waals surface area contributed by atoms with E-state index in [9.17, 15) is 61.0 Å². The summed E-state index contributed by atoms with van der Waals surface area (Å²) >= 11 is 0. The van der Waals surface area contributed by atoms with Gasteiger partial charge in [-0.25, -0.2) is 0 Å². The first kappa shape index (κ1) is 54.3. The van der Waals surface area contributed by atoms with E-state index in [4.69, 9.17) is 33.2 Å². The summed E-state index contributed by atoms with van der Waals surface area (Å²) in [6, 6.07) is 0. The van der Waals surface area contributed by atoms with Crippen LogP contribution in [0.1, 0.15) is 107 Å². The van der Waals surface area contributed by atoms with Gasteiger partial charge in [-0.1, -0.05) is 53.2 Å². The number of aliphatic hydroxyl groups is 11. The van der Waals surface area contributed by atoms with Gasteiger partial charge in [-0.15, -0.1) is 0 Å². The topological polar surface area (TPSA) is 321 Å². The van der Waals surface area contributed by atoms with Crippen LogP contribution >= 0.6 is 0 Å². The molecule has 5 aliphatic carbocycles. The number of allylic oxidation sites excluding steroid dienone is 2. The van der Waals surface area contributed by atoms with Crippen LogP contribution in [0, 0.1) is 56.7 Å². The lowest BCUT2D eigenvalue weighted by Gasteiger charge is -2.71. The maximum absolute atomic E-state index is 15.0. The van der Waals surface area contributed by atoms with Gasteiger partial charge in [0.25, 0.3) is 0 Å². The standard InChI is InChI=1S/C50H80O20/c1-21-11-14-50(16-15-48(7)25(31(50)22(21)2)9-10-30-46(5)17-26(54)41(62)47(6,20-52)29(46)12-13-49(30,48)8)45(63)70-44-36(59)33(56)32(55)28(68-44)19-64-42-37(60)35(58)40(27(18-51)67-42)69-43-38(61)34(57)39(23(3)65-43)66-24(4)53/h9,21-23,26-44,51-52,54-62H,10-20H2,1-8H3/t21-,22+,23+,26-,27-,28-,29-,30-,31+,32-,33+,34+,35-,36-,37-,38-,39+,40-,41+,42-,43+,44+,46+,47+,48-,49-,50+/m1/s1. The third-order valence-electron chi connectivity index (χ3n) is 20.0. The molecule has 20 heteroatoms. The van der Waals surface area contributed by atoms with Crippen LogP contribution in [0.15, 0.2) is 11.6 Å². The van der Waals surface area contributed by atoms with Crippen LogP contribution in [-0.4, -0.2) is 192 Å². The molecule has 3 aliphatic heterocycles. The van der Waals surface area contributed by atoms with E-state index in [1.165, 1.54) is 12.5 Å². The summed E-state index contributed by atoms with van der Waals surface area (Å²) in [6.07, 6.45) is -19.0. The Hall–Kier alpha value is -1.96. The fourth-order valence-electron chi connectivity index (χ4n) is 15.5. The number of hydrogen-bond acceptors (Lipinski definition) is 20. The van der Waals surface area contributed by atoms with Gasteiger partial charge in [0.05, 0.1) is 43.5 Å². The fourth-order valence-corrected chi connectivity index (χ4v) is 15.5. The van der Waals surface area contributed by atoms with E-state index in [1.807, 2.05) is 6.92 Å². The molecule has 11 N–H and O–H groups in total. The highest BCUT2D eigenvalue weighted by molar-refractivity contribution is 5.79. The van der Waals surface area contributed by atoms with Gasteiger partial charge in [0, 0.05) is 12.3 Å². The molecule has 3 saturated heterocycles. The normalized spacial score (nSPS) is 54.6. The Bertz CT molecular complexity index is 1940. The van der Waals surface area contributed by atoms with Crippen molar-refractivity contribution in [1.29, 1.82) is 0 Å². The molecule has 8 rings (SSSR count). The second-order valence-electron chi connectivity index (χ2n) is 23.5. The molecule has 0 aromatic rings. The molecule has 3 heterocycles. The van der Waals surface area contributed by atoms with Gasteiger partial charge in [-0.05, 0) is 104 Å². The van der Waals surface area contributed by atoms with Crippen LogP contribution in [0.5, 0.6) is 0 Å². The van der Waals surface area contributed by atoms with Gasteiger partial charge >= 0.3 is 11.9 Å². The van der Waals surface area contributed by atoms with Crippen molar-refractivity contribution in [1.82, 2.24) is 0 Å². The molecular weight excluding hydrogens is 921 g/mol. The van der Waals surface area contributed by atoms with Crippen LogP contribution in [0.25, 0.3) is 0 Å². The average Bonchev–Trinajstić information content (AvgIpc) is 3.31. The minimum absolute atomic E-state index is 0.0164. The van der Waals surface area contributed by atoms with Gasteiger partial charge in [-0.2, -0.15) is 0 Å². The maximum Gasteiger partial charge on any atom is 0.315 e. The summed E-state index contributed by atoms with van der Waals surface area (Å²) in [7, 11) is 0. The summed E-state index contributed by atoms with van der Waals surface area (Å²) in [5.41, 5.74) is -1.68. The summed E-state index contributed by atoms with van der Waals surface area (Å²) in [6.45, 7) is 14.1. The van der Waals surface area contributed by atoms with Gasteiger partial charge in [0.1, 0.15) is 61.0 Å². The highest BCUT2D eigenvalue weighted by Crippen LogP contribution is 2.76. The molecule has 20 nitrogen and oxygen atoms in total. The molecule has 0 bridgehead atoms. The fraction of sp³-hybridized carbons (Fsp3) is 0.920. The minimum atomic E-state index is -1.88. The zero-order valence-corrected chi connectivity index (χ0v) is 41.7. The average molecular weight is 1000 g/mol. The van der Waals surface area contributed by atoms with Crippen molar-refractivity contribution in [2.75, 3.05) is 19.8 Å². The summed E-state index contributed by atoms with van der Waals surface area (Å²) in [4.78, 5) is 26.6. The number of aliphatic hydroxyl groups excluding tert-OH is 11. The van der Waals surface area contributed by atoms with Crippen LogP contribution in [0.2, 0.25) is 0 Å². The van der Waals surface area contributed by atoms with Crippen molar-refractivity contribution in [3.63, 3.8) is 0 Å². The van der Waals surface area contributed by atoms with E-state index in [0.29, 0.717) is 32.1 Å². The molecular formula is C50H80O20. The number of hydrogen-bond donors (Lipinski definition) is 11. The lowest BCUT2D eigenvalue weighted by Crippen LogP contribution is -2.68. The molecule has 0 unspecified atom stereocenters. The first-order chi connectivity index (χ1) is 32.8. The van der Waals surface area contributed by atoms with Gasteiger partial charge in [0.15, 0.2) is 18.7 Å². The van der Waals surface area contributed by atoms with E-state index < -0.39 is 140 Å². The van der Waals surface area contributed by atoms with Crippen molar-refractivity contribution in [2.24, 2.45) is 56.7 Å². The predicted octanol–water partition coefficient (Wildman–Crippen LogP) is -0.462. The molecule has 27 atom stereocenters. The largest absolute Gasteiger partial charge is 0.457 e. The third-order valence-corrected chi connectivity index (χ3v) is 20.0. The van der Waals surface area contributed by atoms with E-state index in [2.05, 4.69) is 40.7 Å². The predicted molar refractivity (Wildman–Crippen MR) is 241 cm³/mol. The number of fused-ring (bicyclic) bond motifs is 7. The molecule has 0 radical (unpaired) electrons. The molecule has 400 valence electrons. The molecule has 0 amide bonds. The first-order valence-electron chi connectivity index (χ1n) is 25.4. The second kappa shape index (κ2) is 19.6. The Morgan fingerprint density at radius 1 is 0.700 bits per heavy atom.